The number of ether oxygens (including phenoxy) is 1. The van der Waals surface area contributed by atoms with Crippen molar-refractivity contribution in [1.29, 1.82) is 0 Å². The highest BCUT2D eigenvalue weighted by molar-refractivity contribution is 7.13. The number of allylic oxidation sites excluding steroid dienone is 1. The largest absolute Gasteiger partial charge is 0.497 e. The Kier molecular flexibility index (Phi) is 10.1. The average molecular weight is 707 g/mol. The number of nitrogens with one attached hydrogen (secondary N) is 3. The van der Waals surface area contributed by atoms with E-state index in [4.69, 9.17) is 20.0 Å². The SMILES string of the molecule is COc1ccc(-c2nn([C@@H]3C[C@H]4C(=O)N[C@]5(C(=O)O)C[C@H]5C=CCCCCC[C@H](NC(=O)NCC(=O)O)C(=O)N4C3)nc2-c2nccs2)cc1. The maximum absolute atomic E-state index is 14.3. The van der Waals surface area contributed by atoms with E-state index in [0.717, 1.165) is 18.4 Å². The molecule has 2 aromatic heterocycles. The van der Waals surface area contributed by atoms with Crippen molar-refractivity contribution in [1.82, 2.24) is 40.8 Å². The third-order valence-electron chi connectivity index (χ3n) is 9.30. The van der Waals surface area contributed by atoms with E-state index in [-0.39, 0.29) is 31.7 Å². The van der Waals surface area contributed by atoms with Crippen molar-refractivity contribution in [2.45, 2.75) is 68.6 Å². The lowest BCUT2D eigenvalue weighted by Gasteiger charge is -2.29. The lowest BCUT2D eigenvalue weighted by Crippen LogP contribution is -2.57. The lowest BCUT2D eigenvalue weighted by molar-refractivity contribution is -0.145. The van der Waals surface area contributed by atoms with Crippen molar-refractivity contribution in [2.24, 2.45) is 5.92 Å². The number of urea groups is 1. The van der Waals surface area contributed by atoms with Gasteiger partial charge in [0.2, 0.25) is 11.8 Å². The number of rotatable bonds is 8. The minimum absolute atomic E-state index is 0.0106. The van der Waals surface area contributed by atoms with E-state index in [0.29, 0.717) is 35.0 Å². The summed E-state index contributed by atoms with van der Waals surface area (Å²) in [6.07, 6.45) is 8.73. The van der Waals surface area contributed by atoms with Gasteiger partial charge in [-0.2, -0.15) is 9.90 Å². The molecule has 1 aliphatic carbocycles. The number of aliphatic carboxylic acids is 2. The second-order valence-corrected chi connectivity index (χ2v) is 13.5. The van der Waals surface area contributed by atoms with Gasteiger partial charge < -0.3 is 35.8 Å². The zero-order valence-electron chi connectivity index (χ0n) is 27.3. The maximum Gasteiger partial charge on any atom is 0.330 e. The fourth-order valence-electron chi connectivity index (χ4n) is 6.52. The van der Waals surface area contributed by atoms with Crippen molar-refractivity contribution in [3.05, 3.63) is 48.0 Å². The van der Waals surface area contributed by atoms with Crippen LogP contribution in [-0.4, -0.2) is 103 Å². The van der Waals surface area contributed by atoms with E-state index < -0.39 is 60.0 Å². The first-order chi connectivity index (χ1) is 24.1. The summed E-state index contributed by atoms with van der Waals surface area (Å²) in [5.74, 6) is -3.31. The number of aromatic nitrogens is 4. The number of hydrogen-bond acceptors (Lipinski definition) is 10. The molecule has 1 aromatic carbocycles. The van der Waals surface area contributed by atoms with Gasteiger partial charge in [0.15, 0.2) is 0 Å². The third kappa shape index (κ3) is 7.31. The van der Waals surface area contributed by atoms with Gasteiger partial charge in [0, 0.05) is 36.0 Å². The van der Waals surface area contributed by atoms with Crippen LogP contribution in [0, 0.1) is 5.92 Å². The Morgan fingerprint density at radius 2 is 1.88 bits per heavy atom. The molecule has 0 bridgehead atoms. The number of fused-ring (bicyclic) bond motifs is 2. The number of carboxylic acids is 2. The van der Waals surface area contributed by atoms with Gasteiger partial charge in [-0.25, -0.2) is 14.6 Å². The van der Waals surface area contributed by atoms with Crippen molar-refractivity contribution in [2.75, 3.05) is 20.2 Å². The summed E-state index contributed by atoms with van der Waals surface area (Å²) in [4.78, 5) is 71.7. The topological polar surface area (TPSA) is 218 Å². The van der Waals surface area contributed by atoms with Crippen LogP contribution in [0.15, 0.2) is 48.0 Å². The minimum Gasteiger partial charge on any atom is -0.497 e. The van der Waals surface area contributed by atoms with Crippen LogP contribution in [0.25, 0.3) is 22.0 Å². The van der Waals surface area contributed by atoms with E-state index in [1.54, 1.807) is 25.4 Å². The summed E-state index contributed by atoms with van der Waals surface area (Å²) in [5.41, 5.74) is 0.308. The van der Waals surface area contributed by atoms with Gasteiger partial charge in [-0.3, -0.25) is 14.4 Å². The van der Waals surface area contributed by atoms with Crippen molar-refractivity contribution >= 4 is 41.1 Å². The Labute approximate surface area is 290 Å². The zero-order chi connectivity index (χ0) is 35.4. The molecule has 1 saturated carbocycles. The molecule has 0 spiro atoms. The Morgan fingerprint density at radius 1 is 1.10 bits per heavy atom. The van der Waals surface area contributed by atoms with E-state index in [1.807, 2.05) is 29.7 Å². The van der Waals surface area contributed by atoms with Gasteiger partial charge in [0.25, 0.3) is 0 Å². The number of amides is 4. The molecule has 5 N–H and O–H groups in total. The molecule has 2 aliphatic heterocycles. The van der Waals surface area contributed by atoms with Gasteiger partial charge in [-0.1, -0.05) is 25.0 Å². The first-order valence-electron chi connectivity index (χ1n) is 16.4. The van der Waals surface area contributed by atoms with Crippen LogP contribution in [0.5, 0.6) is 5.75 Å². The first kappa shape index (κ1) is 34.5. The number of nitrogens with zero attached hydrogens (tertiary/aromatic N) is 5. The highest BCUT2D eigenvalue weighted by atomic mass is 32.1. The number of benzene rings is 1. The molecule has 3 aliphatic rings. The van der Waals surface area contributed by atoms with Gasteiger partial charge in [0.1, 0.15) is 46.3 Å². The van der Waals surface area contributed by atoms with E-state index in [1.165, 1.54) is 21.0 Å². The Morgan fingerprint density at radius 3 is 2.58 bits per heavy atom. The maximum atomic E-state index is 14.3. The standard InChI is InChI=1S/C33H38N8O8S/c1-49-22-11-9-19(10-12-22)26-27(29-34-13-14-50-29)39-41(38-26)21-15-24-28(44)37-33(31(46)47)16-20(33)7-5-3-2-4-6-8-23(30(45)40(24)18-21)36-32(48)35-17-25(42)43/h5,7,9-14,20-21,23-24H,2-4,6,8,15-18H2,1H3,(H,37,44)(H,42,43)(H,46,47)(H2,35,36,48)/t20-,21-,23+,24+,33-/m1/s1. The minimum atomic E-state index is -1.49. The second kappa shape index (κ2) is 14.7. The monoisotopic (exact) mass is 706 g/mol. The summed E-state index contributed by atoms with van der Waals surface area (Å²) < 4.78 is 5.31. The van der Waals surface area contributed by atoms with E-state index in [9.17, 15) is 29.1 Å². The number of carbonyl (C=O) groups excluding carboxylic acids is 3. The van der Waals surface area contributed by atoms with E-state index in [2.05, 4.69) is 20.9 Å². The smallest absolute Gasteiger partial charge is 0.330 e. The fraction of sp³-hybridized carbons (Fsp3) is 0.455. The second-order valence-electron chi connectivity index (χ2n) is 12.6. The highest BCUT2D eigenvalue weighted by Crippen LogP contribution is 2.45. The normalized spacial score (nSPS) is 25.3. The predicted molar refractivity (Wildman–Crippen MR) is 179 cm³/mol. The van der Waals surface area contributed by atoms with Crippen LogP contribution >= 0.6 is 11.3 Å². The predicted octanol–water partition coefficient (Wildman–Crippen LogP) is 2.45. The molecule has 6 rings (SSSR count). The summed E-state index contributed by atoms with van der Waals surface area (Å²) in [6, 6.07) is 3.67. The van der Waals surface area contributed by atoms with Gasteiger partial charge in [-0.05, 0) is 49.9 Å². The average Bonchev–Trinajstić information content (AvgIpc) is 3.56. The summed E-state index contributed by atoms with van der Waals surface area (Å²) in [6.45, 7) is -0.652. The molecule has 264 valence electrons. The Hall–Kier alpha value is -5.32. The van der Waals surface area contributed by atoms with Crippen LogP contribution in [0.1, 0.15) is 51.0 Å². The molecule has 1 saturated heterocycles. The molecule has 4 amide bonds. The van der Waals surface area contributed by atoms with Crippen LogP contribution < -0.4 is 20.7 Å². The van der Waals surface area contributed by atoms with Gasteiger partial charge in [-0.15, -0.1) is 16.4 Å². The van der Waals surface area contributed by atoms with Gasteiger partial charge >= 0.3 is 18.0 Å². The number of thiazole rings is 1. The molecule has 4 heterocycles. The molecular weight excluding hydrogens is 668 g/mol. The summed E-state index contributed by atoms with van der Waals surface area (Å²) >= 11 is 1.38. The molecule has 2 fully saturated rings. The number of methoxy groups -OCH3 is 1. The molecule has 17 heteroatoms. The Bertz CT molecular complexity index is 1780. The number of carbonyl (C=O) groups is 5. The van der Waals surface area contributed by atoms with Crippen molar-refractivity contribution < 1.29 is 38.9 Å². The van der Waals surface area contributed by atoms with E-state index >= 15 is 0 Å². The molecule has 5 atom stereocenters. The highest BCUT2D eigenvalue weighted by Gasteiger charge is 2.61. The quantitative estimate of drug-likeness (QED) is 0.214. The molecule has 0 unspecified atom stereocenters. The first-order valence-corrected chi connectivity index (χ1v) is 17.3. The van der Waals surface area contributed by atoms with Crippen LogP contribution in [-0.2, 0) is 19.2 Å². The fourth-order valence-corrected chi connectivity index (χ4v) is 7.14. The van der Waals surface area contributed by atoms with Gasteiger partial charge in [0.05, 0.1) is 13.2 Å². The summed E-state index contributed by atoms with van der Waals surface area (Å²) in [5, 5.41) is 38.8. The zero-order valence-corrected chi connectivity index (χ0v) is 28.1. The summed E-state index contributed by atoms with van der Waals surface area (Å²) in [7, 11) is 1.57. The number of carboxylic acid groups (broad SMARTS) is 2. The molecule has 0 radical (unpaired) electrons. The molecule has 16 nitrogen and oxygen atoms in total. The van der Waals surface area contributed by atoms with Crippen molar-refractivity contribution in [3.8, 4) is 27.7 Å². The van der Waals surface area contributed by atoms with Crippen LogP contribution in [0.4, 0.5) is 4.79 Å². The molecule has 50 heavy (non-hydrogen) atoms. The third-order valence-corrected chi connectivity index (χ3v) is 10.1. The van der Waals surface area contributed by atoms with Crippen molar-refractivity contribution in [3.63, 3.8) is 0 Å². The lowest BCUT2D eigenvalue weighted by atomic mass is 10.0. The van der Waals surface area contributed by atoms with Crippen LogP contribution in [0.2, 0.25) is 0 Å². The van der Waals surface area contributed by atoms with Crippen LogP contribution in [0.3, 0.4) is 0 Å². The number of hydrogen-bond donors (Lipinski definition) is 5. The Balaban J connectivity index is 1.35. The molecular formula is C33H38N8O8S. The molecule has 3 aromatic rings.